The molecule has 1 N–H and O–H groups in total. The molecule has 1 aromatic rings. The lowest BCUT2D eigenvalue weighted by molar-refractivity contribution is -0.163. The molecule has 0 spiro atoms. The molecule has 0 aromatic carbocycles. The van der Waals surface area contributed by atoms with Gasteiger partial charge >= 0.3 is 0 Å². The van der Waals surface area contributed by atoms with E-state index < -0.39 is 5.79 Å². The fourth-order valence-electron chi connectivity index (χ4n) is 2.03. The zero-order valence-corrected chi connectivity index (χ0v) is 13.2. The fourth-order valence-corrected chi connectivity index (χ4v) is 3.74. The lowest BCUT2D eigenvalue weighted by Gasteiger charge is -2.27. The highest BCUT2D eigenvalue weighted by Crippen LogP contribution is 2.40. The third-order valence-corrected chi connectivity index (χ3v) is 4.49. The Labute approximate surface area is 127 Å². The minimum Gasteiger partial charge on any atom is -0.385 e. The van der Waals surface area contributed by atoms with Crippen molar-refractivity contribution in [3.8, 4) is 0 Å². The Morgan fingerprint density at radius 2 is 2.26 bits per heavy atom. The number of ether oxygens (including phenoxy) is 3. The Morgan fingerprint density at radius 3 is 2.84 bits per heavy atom. The molecule has 108 valence electrons. The highest BCUT2D eigenvalue weighted by molar-refractivity contribution is 7.83. The van der Waals surface area contributed by atoms with Crippen LogP contribution in [0.5, 0.6) is 0 Å². The van der Waals surface area contributed by atoms with E-state index in [0.717, 1.165) is 29.3 Å². The number of methoxy groups -OCH3 is 1. The average Bonchev–Trinajstić information content (AvgIpc) is 2.97. The Balaban J connectivity index is 2.00. The van der Waals surface area contributed by atoms with Gasteiger partial charge in [-0.1, -0.05) is 11.6 Å². The first-order valence-corrected chi connectivity index (χ1v) is 7.78. The summed E-state index contributed by atoms with van der Waals surface area (Å²) >= 11 is 11.9. The van der Waals surface area contributed by atoms with Gasteiger partial charge in [-0.05, 0) is 19.0 Å². The number of thiol groups is 1. The standard InChI is InChI=1S/C12H18ClNO3S2/c1-15-4-2-3-14-8-12(16-5-6-17-12)9-7-10(13)19-11(9)18/h7,14,18H,2-6,8H2,1H3. The highest BCUT2D eigenvalue weighted by Gasteiger charge is 2.40. The molecule has 7 heteroatoms. The lowest BCUT2D eigenvalue weighted by Crippen LogP contribution is -2.39. The first kappa shape index (κ1) is 15.6. The van der Waals surface area contributed by atoms with Gasteiger partial charge in [0.2, 0.25) is 5.79 Å². The molecule has 0 atom stereocenters. The topological polar surface area (TPSA) is 39.7 Å². The molecule has 1 aromatic heterocycles. The molecule has 1 aliphatic rings. The van der Waals surface area contributed by atoms with Crippen LogP contribution in [0.2, 0.25) is 4.34 Å². The van der Waals surface area contributed by atoms with E-state index in [0.29, 0.717) is 24.1 Å². The summed E-state index contributed by atoms with van der Waals surface area (Å²) in [4.78, 5) is 0. The zero-order chi connectivity index (χ0) is 13.7. The quantitative estimate of drug-likeness (QED) is 0.597. The molecule has 0 bridgehead atoms. The van der Waals surface area contributed by atoms with Crippen LogP contribution in [0.3, 0.4) is 0 Å². The van der Waals surface area contributed by atoms with Crippen molar-refractivity contribution in [2.45, 2.75) is 16.4 Å². The van der Waals surface area contributed by atoms with E-state index >= 15 is 0 Å². The minimum atomic E-state index is -0.756. The molecule has 0 saturated carbocycles. The molecule has 1 saturated heterocycles. The molecule has 2 heterocycles. The summed E-state index contributed by atoms with van der Waals surface area (Å²) in [5.41, 5.74) is 0.905. The van der Waals surface area contributed by atoms with E-state index in [1.165, 1.54) is 11.3 Å². The van der Waals surface area contributed by atoms with Crippen LogP contribution < -0.4 is 5.32 Å². The summed E-state index contributed by atoms with van der Waals surface area (Å²) in [6.07, 6.45) is 0.949. The molecular formula is C12H18ClNO3S2. The van der Waals surface area contributed by atoms with Crippen molar-refractivity contribution in [3.63, 3.8) is 0 Å². The molecule has 2 rings (SSSR count). The van der Waals surface area contributed by atoms with E-state index in [1.54, 1.807) is 7.11 Å². The Kier molecular flexibility index (Phi) is 5.95. The molecule has 0 radical (unpaired) electrons. The highest BCUT2D eigenvalue weighted by atomic mass is 35.5. The normalized spacial score (nSPS) is 18.1. The molecule has 0 unspecified atom stereocenters. The maximum atomic E-state index is 6.03. The third kappa shape index (κ3) is 3.85. The summed E-state index contributed by atoms with van der Waals surface area (Å²) < 4.78 is 18.2. The van der Waals surface area contributed by atoms with Crippen LogP contribution >= 0.6 is 35.6 Å². The van der Waals surface area contributed by atoms with Crippen molar-refractivity contribution in [1.82, 2.24) is 5.32 Å². The van der Waals surface area contributed by atoms with Crippen LogP contribution in [0.25, 0.3) is 0 Å². The van der Waals surface area contributed by atoms with Gasteiger partial charge in [0, 0.05) is 19.3 Å². The van der Waals surface area contributed by atoms with Gasteiger partial charge in [-0.15, -0.1) is 24.0 Å². The molecular weight excluding hydrogens is 306 g/mol. The number of rotatable bonds is 7. The van der Waals surface area contributed by atoms with Gasteiger partial charge in [-0.3, -0.25) is 0 Å². The Hall–Kier alpha value is 0.180. The number of hydrogen-bond donors (Lipinski definition) is 2. The Bertz CT molecular complexity index is 408. The maximum Gasteiger partial charge on any atom is 0.209 e. The van der Waals surface area contributed by atoms with Gasteiger partial charge < -0.3 is 19.5 Å². The van der Waals surface area contributed by atoms with Gasteiger partial charge in [0.25, 0.3) is 0 Å². The van der Waals surface area contributed by atoms with Crippen molar-refractivity contribution in [2.75, 3.05) is 40.0 Å². The second kappa shape index (κ2) is 7.26. The van der Waals surface area contributed by atoms with E-state index in [4.69, 9.17) is 25.8 Å². The first-order valence-electron chi connectivity index (χ1n) is 6.14. The van der Waals surface area contributed by atoms with Crippen molar-refractivity contribution in [1.29, 1.82) is 0 Å². The molecule has 1 aliphatic heterocycles. The smallest absolute Gasteiger partial charge is 0.209 e. The monoisotopic (exact) mass is 323 g/mol. The minimum absolute atomic E-state index is 0.581. The summed E-state index contributed by atoms with van der Waals surface area (Å²) in [5, 5.41) is 3.34. The summed E-state index contributed by atoms with van der Waals surface area (Å²) in [7, 11) is 1.70. The van der Waals surface area contributed by atoms with Crippen LogP contribution in [0.1, 0.15) is 12.0 Å². The second-order valence-corrected chi connectivity index (χ2v) is 6.68. The third-order valence-electron chi connectivity index (χ3n) is 2.91. The van der Waals surface area contributed by atoms with Crippen molar-refractivity contribution < 1.29 is 14.2 Å². The number of thiophene rings is 1. The van der Waals surface area contributed by atoms with Gasteiger partial charge in [-0.25, -0.2) is 0 Å². The number of hydrogen-bond acceptors (Lipinski definition) is 6. The van der Waals surface area contributed by atoms with E-state index in [2.05, 4.69) is 17.9 Å². The van der Waals surface area contributed by atoms with E-state index in [1.807, 2.05) is 6.07 Å². The van der Waals surface area contributed by atoms with Gasteiger partial charge in [0.05, 0.1) is 28.3 Å². The lowest BCUT2D eigenvalue weighted by atomic mass is 10.1. The van der Waals surface area contributed by atoms with Crippen LogP contribution in [-0.2, 0) is 20.0 Å². The number of halogens is 1. The summed E-state index contributed by atoms with van der Waals surface area (Å²) in [6, 6.07) is 1.87. The molecule has 4 nitrogen and oxygen atoms in total. The largest absolute Gasteiger partial charge is 0.385 e. The molecule has 0 amide bonds. The second-order valence-electron chi connectivity index (χ2n) is 4.24. The fraction of sp³-hybridized carbons (Fsp3) is 0.667. The molecule has 19 heavy (non-hydrogen) atoms. The van der Waals surface area contributed by atoms with Crippen molar-refractivity contribution in [3.05, 3.63) is 16.0 Å². The summed E-state index contributed by atoms with van der Waals surface area (Å²) in [6.45, 7) is 3.34. The predicted octanol–water partition coefficient (Wildman–Crippen LogP) is 2.52. The van der Waals surface area contributed by atoms with Gasteiger partial charge in [0.1, 0.15) is 0 Å². The first-order chi connectivity index (χ1) is 9.18. The van der Waals surface area contributed by atoms with Crippen LogP contribution in [-0.4, -0.2) is 40.0 Å². The Morgan fingerprint density at radius 1 is 1.53 bits per heavy atom. The van der Waals surface area contributed by atoms with Gasteiger partial charge in [0.15, 0.2) is 0 Å². The molecule has 1 fully saturated rings. The van der Waals surface area contributed by atoms with Crippen LogP contribution in [0.4, 0.5) is 0 Å². The van der Waals surface area contributed by atoms with E-state index in [-0.39, 0.29) is 0 Å². The van der Waals surface area contributed by atoms with Crippen molar-refractivity contribution >= 4 is 35.6 Å². The summed E-state index contributed by atoms with van der Waals surface area (Å²) in [5.74, 6) is -0.756. The average molecular weight is 324 g/mol. The van der Waals surface area contributed by atoms with Gasteiger partial charge in [-0.2, -0.15) is 0 Å². The zero-order valence-electron chi connectivity index (χ0n) is 10.8. The SMILES string of the molecule is COCCCNCC1(c2cc(Cl)sc2S)OCCO1. The maximum absolute atomic E-state index is 6.03. The van der Waals surface area contributed by atoms with Crippen molar-refractivity contribution in [2.24, 2.45) is 0 Å². The molecule has 0 aliphatic carbocycles. The van der Waals surface area contributed by atoms with E-state index in [9.17, 15) is 0 Å². The van der Waals surface area contributed by atoms with Crippen LogP contribution in [0, 0.1) is 0 Å². The predicted molar refractivity (Wildman–Crippen MR) is 79.5 cm³/mol. The number of nitrogens with one attached hydrogen (secondary N) is 1. The van der Waals surface area contributed by atoms with Crippen LogP contribution in [0.15, 0.2) is 10.3 Å².